The number of nitrogens with one attached hydrogen (secondary N) is 1. The third-order valence-electron chi connectivity index (χ3n) is 6.37. The van der Waals surface area contributed by atoms with Gasteiger partial charge in [0.05, 0.1) is 17.6 Å². The van der Waals surface area contributed by atoms with Crippen LogP contribution in [-0.4, -0.2) is 33.0 Å². The van der Waals surface area contributed by atoms with Crippen molar-refractivity contribution in [3.05, 3.63) is 89.5 Å². The predicted molar refractivity (Wildman–Crippen MR) is 150 cm³/mol. The average Bonchev–Trinajstić information content (AvgIpc) is 3.18. The molecule has 8 heteroatoms. The number of nitrogens with two attached hydrogens (primary N) is 1. The highest BCUT2D eigenvalue weighted by atomic mass is 16.5. The van der Waals surface area contributed by atoms with E-state index in [1.807, 2.05) is 48.5 Å². The summed E-state index contributed by atoms with van der Waals surface area (Å²) in [4.78, 5) is 35.1. The number of carbonyl (C=O) groups excluding carboxylic acids is 2. The van der Waals surface area contributed by atoms with Crippen LogP contribution in [0.3, 0.4) is 0 Å². The summed E-state index contributed by atoms with van der Waals surface area (Å²) >= 11 is 0. The van der Waals surface area contributed by atoms with E-state index in [1.165, 1.54) is 0 Å². The van der Waals surface area contributed by atoms with Gasteiger partial charge >= 0.3 is 5.97 Å². The summed E-state index contributed by atoms with van der Waals surface area (Å²) in [5.41, 5.74) is 11.8. The molecule has 38 heavy (non-hydrogen) atoms. The summed E-state index contributed by atoms with van der Waals surface area (Å²) < 4.78 is 6.94. The second kappa shape index (κ2) is 9.63. The van der Waals surface area contributed by atoms with Crippen LogP contribution in [0.15, 0.2) is 72.8 Å². The van der Waals surface area contributed by atoms with E-state index in [1.54, 1.807) is 35.8 Å². The largest absolute Gasteiger partial charge is 0.462 e. The molecule has 0 saturated carbocycles. The molecule has 1 amide bonds. The Morgan fingerprint density at radius 3 is 2.16 bits per heavy atom. The number of carbonyl (C=O) groups is 2. The number of amides is 1. The Morgan fingerprint density at radius 2 is 1.55 bits per heavy atom. The Labute approximate surface area is 220 Å². The van der Waals surface area contributed by atoms with Gasteiger partial charge in [-0.05, 0) is 66.4 Å². The number of fused-ring (bicyclic) bond motifs is 2. The first-order valence-corrected chi connectivity index (χ1v) is 12.4. The maximum atomic E-state index is 12.8. The van der Waals surface area contributed by atoms with Gasteiger partial charge in [0.25, 0.3) is 5.91 Å². The molecule has 5 aromatic rings. The molecule has 0 fully saturated rings. The second-order valence-corrected chi connectivity index (χ2v) is 10.0. The molecular formula is C30H29N5O3. The molecule has 0 atom stereocenters. The highest BCUT2D eigenvalue weighted by Gasteiger charge is 2.25. The van der Waals surface area contributed by atoms with E-state index in [4.69, 9.17) is 15.5 Å². The summed E-state index contributed by atoms with van der Waals surface area (Å²) in [6, 6.07) is 22.2. The molecule has 0 radical (unpaired) electrons. The molecule has 2 aromatic heterocycles. The van der Waals surface area contributed by atoms with Crippen molar-refractivity contribution in [3.8, 4) is 5.69 Å². The molecule has 192 valence electrons. The number of para-hydroxylation sites is 2. The Hall–Kier alpha value is -4.72. The second-order valence-electron chi connectivity index (χ2n) is 10.0. The minimum atomic E-state index is -0.556. The fourth-order valence-electron chi connectivity index (χ4n) is 4.35. The molecule has 3 aromatic carbocycles. The lowest BCUT2D eigenvalue weighted by Gasteiger charge is -2.19. The molecule has 0 unspecified atom stereocenters. The number of aromatic nitrogens is 3. The topological polar surface area (TPSA) is 112 Å². The van der Waals surface area contributed by atoms with Crippen LogP contribution in [0.25, 0.3) is 27.9 Å². The van der Waals surface area contributed by atoms with E-state index in [2.05, 4.69) is 31.1 Å². The van der Waals surface area contributed by atoms with Crippen LogP contribution in [0.1, 0.15) is 54.0 Å². The smallest absolute Gasteiger partial charge is 0.344 e. The van der Waals surface area contributed by atoms with Crippen LogP contribution in [-0.2, 0) is 10.2 Å². The monoisotopic (exact) mass is 507 g/mol. The quantitative estimate of drug-likeness (QED) is 0.287. The van der Waals surface area contributed by atoms with Crippen molar-refractivity contribution in [3.63, 3.8) is 0 Å². The molecule has 8 nitrogen and oxygen atoms in total. The first-order chi connectivity index (χ1) is 18.2. The number of benzene rings is 3. The van der Waals surface area contributed by atoms with E-state index in [9.17, 15) is 9.59 Å². The summed E-state index contributed by atoms with van der Waals surface area (Å²) in [7, 11) is 0. The molecule has 0 aliphatic heterocycles. The fraction of sp³-hybridized carbons (Fsp3) is 0.200. The van der Waals surface area contributed by atoms with E-state index >= 15 is 0 Å². The van der Waals surface area contributed by atoms with Crippen LogP contribution in [0.2, 0.25) is 0 Å². The summed E-state index contributed by atoms with van der Waals surface area (Å²) in [5.74, 6) is -0.574. The number of ether oxygens (including phenoxy) is 1. The molecule has 0 aliphatic carbocycles. The Bertz CT molecular complexity index is 1660. The summed E-state index contributed by atoms with van der Waals surface area (Å²) in [5, 5.41) is 2.93. The normalized spacial score (nSPS) is 11.6. The highest BCUT2D eigenvalue weighted by molar-refractivity contribution is 6.09. The van der Waals surface area contributed by atoms with Gasteiger partial charge in [-0.3, -0.25) is 9.36 Å². The van der Waals surface area contributed by atoms with Crippen molar-refractivity contribution in [2.75, 3.05) is 17.7 Å². The Morgan fingerprint density at radius 1 is 0.921 bits per heavy atom. The van der Waals surface area contributed by atoms with Crippen LogP contribution in [0.5, 0.6) is 0 Å². The molecule has 0 aliphatic rings. The SMILES string of the molecule is CCOC(=O)c1c(N)n(-c2ccc(NC(=O)c3ccc(C(C)(C)C)cc3)cc2)c2nc3ccccc3nc12. The first kappa shape index (κ1) is 25.0. The van der Waals surface area contributed by atoms with Crippen LogP contribution in [0.4, 0.5) is 11.5 Å². The lowest BCUT2D eigenvalue weighted by Crippen LogP contribution is -2.14. The van der Waals surface area contributed by atoms with Crippen LogP contribution >= 0.6 is 0 Å². The summed E-state index contributed by atoms with van der Waals surface area (Å²) in [6.45, 7) is 8.34. The molecule has 0 bridgehead atoms. The predicted octanol–water partition coefficient (Wildman–Crippen LogP) is 5.88. The number of nitrogens with zero attached hydrogens (tertiary/aromatic N) is 3. The number of esters is 1. The highest BCUT2D eigenvalue weighted by Crippen LogP contribution is 2.32. The van der Waals surface area contributed by atoms with E-state index in [0.717, 1.165) is 5.56 Å². The van der Waals surface area contributed by atoms with Gasteiger partial charge in [0.15, 0.2) is 5.65 Å². The maximum absolute atomic E-state index is 12.8. The van der Waals surface area contributed by atoms with Crippen molar-refractivity contribution < 1.29 is 14.3 Å². The average molecular weight is 508 g/mol. The maximum Gasteiger partial charge on any atom is 0.344 e. The number of rotatable bonds is 5. The number of nitrogen functional groups attached to an aromatic ring is 1. The van der Waals surface area contributed by atoms with Crippen LogP contribution < -0.4 is 11.1 Å². The number of hydrogen-bond acceptors (Lipinski definition) is 6. The van der Waals surface area contributed by atoms with Gasteiger partial charge < -0.3 is 15.8 Å². The van der Waals surface area contributed by atoms with Crippen molar-refractivity contribution in [1.29, 1.82) is 0 Å². The van der Waals surface area contributed by atoms with Gasteiger partial charge in [-0.25, -0.2) is 14.8 Å². The minimum absolute atomic E-state index is 0.0130. The van der Waals surface area contributed by atoms with E-state index in [-0.39, 0.29) is 29.3 Å². The van der Waals surface area contributed by atoms with Crippen molar-refractivity contribution in [1.82, 2.24) is 14.5 Å². The standard InChI is InChI=1S/C30H29N5O3/c1-5-38-29(37)24-25-27(34-23-9-7-6-8-22(23)33-25)35(26(24)31)21-16-14-20(15-17-21)32-28(36)18-10-12-19(13-11-18)30(2,3)4/h6-17H,5,31H2,1-4H3,(H,32,36). The minimum Gasteiger partial charge on any atom is -0.462 e. The zero-order valence-corrected chi connectivity index (χ0v) is 21.8. The van der Waals surface area contributed by atoms with Gasteiger partial charge in [0.2, 0.25) is 0 Å². The van der Waals surface area contributed by atoms with Gasteiger partial charge in [0, 0.05) is 16.9 Å². The molecule has 5 rings (SSSR count). The molecule has 0 spiro atoms. The van der Waals surface area contributed by atoms with Gasteiger partial charge in [-0.2, -0.15) is 0 Å². The van der Waals surface area contributed by atoms with Crippen molar-refractivity contribution in [2.45, 2.75) is 33.1 Å². The third-order valence-corrected chi connectivity index (χ3v) is 6.37. The van der Waals surface area contributed by atoms with E-state index < -0.39 is 5.97 Å². The van der Waals surface area contributed by atoms with Crippen molar-refractivity contribution in [2.24, 2.45) is 0 Å². The van der Waals surface area contributed by atoms with E-state index in [0.29, 0.717) is 39.1 Å². The van der Waals surface area contributed by atoms with Crippen molar-refractivity contribution >= 4 is 45.6 Å². The van der Waals surface area contributed by atoms with Gasteiger partial charge in [-0.15, -0.1) is 0 Å². The van der Waals surface area contributed by atoms with Crippen LogP contribution in [0, 0.1) is 0 Å². The van der Waals surface area contributed by atoms with Gasteiger partial charge in [-0.1, -0.05) is 45.0 Å². The Kier molecular flexibility index (Phi) is 6.32. The number of hydrogen-bond donors (Lipinski definition) is 2. The lowest BCUT2D eigenvalue weighted by atomic mass is 9.87. The molecule has 2 heterocycles. The van der Waals surface area contributed by atoms with Gasteiger partial charge in [0.1, 0.15) is 16.9 Å². The zero-order valence-electron chi connectivity index (χ0n) is 21.8. The lowest BCUT2D eigenvalue weighted by molar-refractivity contribution is 0.0529. The Balaban J connectivity index is 1.49. The zero-order chi connectivity index (χ0) is 27.0. The first-order valence-electron chi connectivity index (χ1n) is 12.4. The fourth-order valence-corrected chi connectivity index (χ4v) is 4.35. The molecule has 3 N–H and O–H groups in total. The number of anilines is 2. The molecular weight excluding hydrogens is 478 g/mol. The third kappa shape index (κ3) is 4.56. The molecule has 0 saturated heterocycles. The summed E-state index contributed by atoms with van der Waals surface area (Å²) in [6.07, 6.45) is 0.